The topological polar surface area (TPSA) is 24.9 Å². The summed E-state index contributed by atoms with van der Waals surface area (Å²) in [7, 11) is 0. The number of rotatable bonds is 4. The lowest BCUT2D eigenvalue weighted by atomic mass is 10.1. The van der Waals surface area contributed by atoms with Crippen LogP contribution in [0.4, 0.5) is 4.39 Å². The summed E-state index contributed by atoms with van der Waals surface area (Å²) < 4.78 is 13.7. The van der Waals surface area contributed by atoms with Gasteiger partial charge in [0.05, 0.1) is 11.2 Å². The van der Waals surface area contributed by atoms with Gasteiger partial charge in [-0.15, -0.1) is 0 Å². The molecule has 0 unspecified atom stereocenters. The number of para-hydroxylation sites is 1. The summed E-state index contributed by atoms with van der Waals surface area (Å²) in [4.78, 5) is 4.61. The molecule has 1 atom stereocenters. The number of halogens is 1. The zero-order chi connectivity index (χ0) is 14.7. The number of pyridine rings is 1. The third-order valence-electron chi connectivity index (χ3n) is 3.62. The van der Waals surface area contributed by atoms with Crippen LogP contribution in [-0.4, -0.2) is 4.98 Å². The predicted octanol–water partition coefficient (Wildman–Crippen LogP) is 4.22. The Morgan fingerprint density at radius 3 is 2.62 bits per heavy atom. The monoisotopic (exact) mass is 280 g/mol. The SMILES string of the molecule is C[C@@H](NCc1ccc2ccccc2n1)c1ccccc1F. The van der Waals surface area contributed by atoms with Gasteiger partial charge >= 0.3 is 0 Å². The molecule has 3 rings (SSSR count). The Bertz CT molecular complexity index is 755. The predicted molar refractivity (Wildman–Crippen MR) is 83.4 cm³/mol. The maximum Gasteiger partial charge on any atom is 0.127 e. The highest BCUT2D eigenvalue weighted by atomic mass is 19.1. The minimum Gasteiger partial charge on any atom is -0.304 e. The van der Waals surface area contributed by atoms with E-state index in [1.807, 2.05) is 43.3 Å². The quantitative estimate of drug-likeness (QED) is 0.773. The molecule has 0 amide bonds. The molecule has 0 aliphatic heterocycles. The molecule has 0 aliphatic carbocycles. The minimum atomic E-state index is -0.177. The summed E-state index contributed by atoms with van der Waals surface area (Å²) in [5.74, 6) is -0.177. The Hall–Kier alpha value is -2.26. The van der Waals surface area contributed by atoms with Gasteiger partial charge in [-0.2, -0.15) is 0 Å². The van der Waals surface area contributed by atoms with Crippen molar-refractivity contribution in [2.45, 2.75) is 19.5 Å². The summed E-state index contributed by atoms with van der Waals surface area (Å²) >= 11 is 0. The van der Waals surface area contributed by atoms with Crippen LogP contribution >= 0.6 is 0 Å². The van der Waals surface area contributed by atoms with E-state index < -0.39 is 0 Å². The van der Waals surface area contributed by atoms with Gasteiger partial charge in [0, 0.05) is 23.5 Å². The summed E-state index contributed by atoms with van der Waals surface area (Å²) in [5, 5.41) is 4.45. The summed E-state index contributed by atoms with van der Waals surface area (Å²) in [6.07, 6.45) is 0. The van der Waals surface area contributed by atoms with Crippen LogP contribution in [0.1, 0.15) is 24.2 Å². The van der Waals surface area contributed by atoms with Crippen molar-refractivity contribution in [1.29, 1.82) is 0 Å². The lowest BCUT2D eigenvalue weighted by molar-refractivity contribution is 0.525. The molecule has 0 bridgehead atoms. The second-order valence-electron chi connectivity index (χ2n) is 5.12. The fraction of sp³-hybridized carbons (Fsp3) is 0.167. The van der Waals surface area contributed by atoms with E-state index in [4.69, 9.17) is 0 Å². The van der Waals surface area contributed by atoms with E-state index in [2.05, 4.69) is 16.4 Å². The van der Waals surface area contributed by atoms with Crippen LogP contribution in [0.2, 0.25) is 0 Å². The van der Waals surface area contributed by atoms with E-state index >= 15 is 0 Å². The molecular weight excluding hydrogens is 263 g/mol. The molecular formula is C18H17FN2. The maximum absolute atomic E-state index is 13.7. The highest BCUT2D eigenvalue weighted by Gasteiger charge is 2.09. The van der Waals surface area contributed by atoms with Crippen LogP contribution < -0.4 is 5.32 Å². The molecule has 2 nitrogen and oxygen atoms in total. The smallest absolute Gasteiger partial charge is 0.127 e. The Morgan fingerprint density at radius 2 is 1.76 bits per heavy atom. The van der Waals surface area contributed by atoms with Gasteiger partial charge in [-0.05, 0) is 25.1 Å². The first kappa shape index (κ1) is 13.7. The van der Waals surface area contributed by atoms with E-state index in [1.54, 1.807) is 12.1 Å². The lowest BCUT2D eigenvalue weighted by Crippen LogP contribution is -2.19. The van der Waals surface area contributed by atoms with E-state index in [-0.39, 0.29) is 11.9 Å². The Labute approximate surface area is 123 Å². The summed E-state index contributed by atoms with van der Waals surface area (Å²) in [6.45, 7) is 2.57. The zero-order valence-electron chi connectivity index (χ0n) is 11.9. The molecule has 1 N–H and O–H groups in total. The van der Waals surface area contributed by atoms with Crippen molar-refractivity contribution in [3.8, 4) is 0 Å². The number of hydrogen-bond donors (Lipinski definition) is 1. The van der Waals surface area contributed by atoms with Crippen LogP contribution in [-0.2, 0) is 6.54 Å². The van der Waals surface area contributed by atoms with Gasteiger partial charge in [0.25, 0.3) is 0 Å². The number of fused-ring (bicyclic) bond motifs is 1. The number of aromatic nitrogens is 1. The standard InChI is InChI=1S/C18H17FN2/c1-13(16-7-3-4-8-17(16)19)20-12-15-11-10-14-6-2-5-9-18(14)21-15/h2-11,13,20H,12H2,1H3/t13-/m1/s1. The summed E-state index contributed by atoms with van der Waals surface area (Å²) in [6, 6.07) is 18.9. The van der Waals surface area contributed by atoms with Crippen molar-refractivity contribution in [3.05, 3.63) is 77.7 Å². The average molecular weight is 280 g/mol. The van der Waals surface area contributed by atoms with E-state index in [1.165, 1.54) is 6.07 Å². The molecule has 0 saturated carbocycles. The van der Waals surface area contributed by atoms with E-state index in [9.17, 15) is 4.39 Å². The Kier molecular flexibility index (Phi) is 3.93. The van der Waals surface area contributed by atoms with Gasteiger partial charge in [-0.1, -0.05) is 42.5 Å². The molecule has 106 valence electrons. The third-order valence-corrected chi connectivity index (χ3v) is 3.62. The van der Waals surface area contributed by atoms with Crippen LogP contribution in [0.5, 0.6) is 0 Å². The van der Waals surface area contributed by atoms with Crippen molar-refractivity contribution in [2.24, 2.45) is 0 Å². The fourth-order valence-electron chi connectivity index (χ4n) is 2.40. The second-order valence-corrected chi connectivity index (χ2v) is 5.12. The van der Waals surface area contributed by atoms with Crippen molar-refractivity contribution in [1.82, 2.24) is 10.3 Å². The van der Waals surface area contributed by atoms with Crippen molar-refractivity contribution >= 4 is 10.9 Å². The number of nitrogens with one attached hydrogen (secondary N) is 1. The highest BCUT2D eigenvalue weighted by Crippen LogP contribution is 2.17. The molecule has 0 aliphatic rings. The molecule has 21 heavy (non-hydrogen) atoms. The fourth-order valence-corrected chi connectivity index (χ4v) is 2.40. The maximum atomic E-state index is 13.7. The van der Waals surface area contributed by atoms with Crippen LogP contribution in [0.25, 0.3) is 10.9 Å². The molecule has 3 heteroatoms. The van der Waals surface area contributed by atoms with Gasteiger partial charge < -0.3 is 5.32 Å². The normalized spacial score (nSPS) is 12.5. The molecule has 1 heterocycles. The Balaban J connectivity index is 1.73. The first-order valence-electron chi connectivity index (χ1n) is 7.06. The van der Waals surface area contributed by atoms with Crippen molar-refractivity contribution in [2.75, 3.05) is 0 Å². The van der Waals surface area contributed by atoms with E-state index in [0.29, 0.717) is 12.1 Å². The molecule has 2 aromatic carbocycles. The third kappa shape index (κ3) is 3.09. The van der Waals surface area contributed by atoms with Crippen LogP contribution in [0.3, 0.4) is 0 Å². The van der Waals surface area contributed by atoms with E-state index in [0.717, 1.165) is 16.6 Å². The number of nitrogens with zero attached hydrogens (tertiary/aromatic N) is 1. The Morgan fingerprint density at radius 1 is 1.00 bits per heavy atom. The molecule has 3 aromatic rings. The molecule has 0 radical (unpaired) electrons. The molecule has 1 aromatic heterocycles. The van der Waals surface area contributed by atoms with Crippen LogP contribution in [0, 0.1) is 5.82 Å². The van der Waals surface area contributed by atoms with Gasteiger partial charge in [-0.3, -0.25) is 4.98 Å². The molecule has 0 saturated heterocycles. The average Bonchev–Trinajstić information content (AvgIpc) is 2.53. The summed E-state index contributed by atoms with van der Waals surface area (Å²) in [5.41, 5.74) is 2.62. The van der Waals surface area contributed by atoms with Crippen molar-refractivity contribution in [3.63, 3.8) is 0 Å². The minimum absolute atomic E-state index is 0.0560. The van der Waals surface area contributed by atoms with Gasteiger partial charge in [-0.25, -0.2) is 4.39 Å². The van der Waals surface area contributed by atoms with Gasteiger partial charge in [0.1, 0.15) is 5.82 Å². The molecule has 0 fully saturated rings. The first-order valence-corrected chi connectivity index (χ1v) is 7.06. The lowest BCUT2D eigenvalue weighted by Gasteiger charge is -2.14. The first-order chi connectivity index (χ1) is 10.2. The largest absolute Gasteiger partial charge is 0.304 e. The second kappa shape index (κ2) is 6.02. The number of hydrogen-bond acceptors (Lipinski definition) is 2. The van der Waals surface area contributed by atoms with Crippen LogP contribution in [0.15, 0.2) is 60.7 Å². The van der Waals surface area contributed by atoms with Gasteiger partial charge in [0.15, 0.2) is 0 Å². The molecule has 0 spiro atoms. The highest BCUT2D eigenvalue weighted by molar-refractivity contribution is 5.78. The van der Waals surface area contributed by atoms with Crippen molar-refractivity contribution < 1.29 is 4.39 Å². The number of benzene rings is 2. The van der Waals surface area contributed by atoms with Gasteiger partial charge in [0.2, 0.25) is 0 Å². The zero-order valence-corrected chi connectivity index (χ0v) is 11.9.